The van der Waals surface area contributed by atoms with Crippen molar-refractivity contribution in [1.82, 2.24) is 10.2 Å². The molecular weight excluding hydrogens is 658 g/mol. The maximum absolute atomic E-state index is 14.8. The number of anilines is 1. The van der Waals surface area contributed by atoms with Gasteiger partial charge >= 0.3 is 0 Å². The van der Waals surface area contributed by atoms with Crippen LogP contribution in [0.1, 0.15) is 54.4 Å². The molecule has 0 unspecified atom stereocenters. The van der Waals surface area contributed by atoms with Crippen molar-refractivity contribution in [2.24, 2.45) is 0 Å². The van der Waals surface area contributed by atoms with E-state index in [0.29, 0.717) is 16.5 Å². The zero-order valence-corrected chi connectivity index (χ0v) is 29.8. The Morgan fingerprint density at radius 1 is 0.857 bits per heavy atom. The lowest BCUT2D eigenvalue weighted by molar-refractivity contribution is -0.140. The standard InChI is InChI=1S/C39H44ClN3O5S/c1-28-17-20-34(23-29(28)2)43(49(46,47)36-21-18-32(40)19-22-36)27-38(44)42(26-31-13-10-16-35(24-31)48-3)37(25-30-11-6-4-7-12-30)39(45)41-33-14-8-5-9-15-33/h4,6-7,10-13,16-24,33,37H,5,8-9,14-15,25-27H2,1-3H3,(H,41,45)/t37-/m0/s1. The molecule has 0 aliphatic heterocycles. The minimum Gasteiger partial charge on any atom is -0.497 e. The van der Waals surface area contributed by atoms with Gasteiger partial charge in [-0.1, -0.05) is 79.4 Å². The Morgan fingerprint density at radius 2 is 1.55 bits per heavy atom. The van der Waals surface area contributed by atoms with Gasteiger partial charge < -0.3 is 15.0 Å². The summed E-state index contributed by atoms with van der Waals surface area (Å²) in [7, 11) is -2.66. The summed E-state index contributed by atoms with van der Waals surface area (Å²) in [6.45, 7) is 3.37. The first-order chi connectivity index (χ1) is 23.5. The second-order valence-electron chi connectivity index (χ2n) is 12.7. The van der Waals surface area contributed by atoms with Gasteiger partial charge in [0.05, 0.1) is 17.7 Å². The summed E-state index contributed by atoms with van der Waals surface area (Å²) >= 11 is 6.11. The van der Waals surface area contributed by atoms with Gasteiger partial charge in [-0.3, -0.25) is 13.9 Å². The Bertz CT molecular complexity index is 1840. The number of methoxy groups -OCH3 is 1. The molecule has 0 bridgehead atoms. The third-order valence-electron chi connectivity index (χ3n) is 9.17. The molecule has 49 heavy (non-hydrogen) atoms. The Balaban J connectivity index is 1.58. The number of amides is 2. The average molecular weight is 702 g/mol. The van der Waals surface area contributed by atoms with E-state index in [9.17, 15) is 18.0 Å². The highest BCUT2D eigenvalue weighted by Crippen LogP contribution is 2.28. The molecule has 1 saturated carbocycles. The third-order valence-corrected chi connectivity index (χ3v) is 11.2. The zero-order valence-electron chi connectivity index (χ0n) is 28.3. The number of hydrogen-bond acceptors (Lipinski definition) is 5. The molecule has 1 fully saturated rings. The zero-order chi connectivity index (χ0) is 35.0. The first kappa shape index (κ1) is 36.0. The SMILES string of the molecule is COc1cccc(CN(C(=O)CN(c2ccc(C)c(C)c2)S(=O)(=O)c2ccc(Cl)cc2)[C@@H](Cc2ccccc2)C(=O)NC2CCCCC2)c1. The molecule has 5 rings (SSSR count). The summed E-state index contributed by atoms with van der Waals surface area (Å²) in [5.41, 5.74) is 3.84. The number of aryl methyl sites for hydroxylation is 2. The molecule has 0 spiro atoms. The van der Waals surface area contributed by atoms with E-state index in [4.69, 9.17) is 16.3 Å². The van der Waals surface area contributed by atoms with Gasteiger partial charge in [0.15, 0.2) is 0 Å². The highest BCUT2D eigenvalue weighted by Gasteiger charge is 2.35. The molecule has 1 atom stereocenters. The maximum Gasteiger partial charge on any atom is 0.264 e. The van der Waals surface area contributed by atoms with Crippen LogP contribution in [0.4, 0.5) is 5.69 Å². The van der Waals surface area contributed by atoms with Crippen LogP contribution >= 0.6 is 11.6 Å². The third kappa shape index (κ3) is 9.22. The molecular formula is C39H44ClN3O5S. The Labute approximate surface area is 295 Å². The number of benzene rings is 4. The van der Waals surface area contributed by atoms with E-state index in [2.05, 4.69) is 5.32 Å². The van der Waals surface area contributed by atoms with Gasteiger partial charge in [-0.2, -0.15) is 0 Å². The molecule has 1 N–H and O–H groups in total. The van der Waals surface area contributed by atoms with Crippen LogP contribution in [0, 0.1) is 13.8 Å². The van der Waals surface area contributed by atoms with Crippen molar-refractivity contribution in [1.29, 1.82) is 0 Å². The van der Waals surface area contributed by atoms with Crippen molar-refractivity contribution >= 4 is 39.1 Å². The van der Waals surface area contributed by atoms with Crippen LogP contribution in [0.25, 0.3) is 0 Å². The summed E-state index contributed by atoms with van der Waals surface area (Å²) in [6, 6.07) is 27.2. The fourth-order valence-electron chi connectivity index (χ4n) is 6.21. The van der Waals surface area contributed by atoms with Crippen LogP contribution in [0.3, 0.4) is 0 Å². The molecule has 10 heteroatoms. The fourth-order valence-corrected chi connectivity index (χ4v) is 7.74. The lowest BCUT2D eigenvalue weighted by atomic mass is 9.94. The van der Waals surface area contributed by atoms with E-state index in [0.717, 1.165) is 58.7 Å². The molecule has 2 amide bonds. The first-order valence-electron chi connectivity index (χ1n) is 16.7. The molecule has 4 aromatic rings. The maximum atomic E-state index is 14.8. The quantitative estimate of drug-likeness (QED) is 0.159. The fraction of sp³-hybridized carbons (Fsp3) is 0.333. The van der Waals surface area contributed by atoms with Crippen LogP contribution < -0.4 is 14.4 Å². The van der Waals surface area contributed by atoms with Crippen LogP contribution in [0.15, 0.2) is 102 Å². The van der Waals surface area contributed by atoms with Crippen LogP contribution in [-0.2, 0) is 32.6 Å². The Hall–Kier alpha value is -4.34. The summed E-state index contributed by atoms with van der Waals surface area (Å²) in [5.74, 6) is -0.165. The number of ether oxygens (including phenoxy) is 1. The van der Waals surface area contributed by atoms with E-state index < -0.39 is 28.5 Å². The van der Waals surface area contributed by atoms with Gasteiger partial charge in [0, 0.05) is 24.0 Å². The normalized spacial score (nSPS) is 14.1. The van der Waals surface area contributed by atoms with E-state index >= 15 is 0 Å². The first-order valence-corrected chi connectivity index (χ1v) is 18.5. The second kappa shape index (κ2) is 16.4. The second-order valence-corrected chi connectivity index (χ2v) is 15.0. The predicted molar refractivity (Wildman–Crippen MR) is 194 cm³/mol. The van der Waals surface area contributed by atoms with Gasteiger partial charge in [-0.15, -0.1) is 0 Å². The van der Waals surface area contributed by atoms with Crippen LogP contribution in [0.2, 0.25) is 5.02 Å². The minimum absolute atomic E-state index is 0.00171. The number of nitrogens with zero attached hydrogens (tertiary/aromatic N) is 2. The Kier molecular flexibility index (Phi) is 12.0. The number of rotatable bonds is 13. The number of carbonyl (C=O) groups is 2. The van der Waals surface area contributed by atoms with Crippen molar-refractivity contribution in [3.63, 3.8) is 0 Å². The van der Waals surface area contributed by atoms with E-state index in [-0.39, 0.29) is 29.8 Å². The van der Waals surface area contributed by atoms with Gasteiger partial charge in [-0.25, -0.2) is 8.42 Å². The van der Waals surface area contributed by atoms with Crippen LogP contribution in [-0.4, -0.2) is 50.9 Å². The van der Waals surface area contributed by atoms with E-state index in [1.165, 1.54) is 29.2 Å². The molecule has 0 heterocycles. The number of carbonyl (C=O) groups excluding carboxylic acids is 2. The number of sulfonamides is 1. The average Bonchev–Trinajstić information content (AvgIpc) is 3.11. The van der Waals surface area contributed by atoms with Gasteiger partial charge in [0.1, 0.15) is 18.3 Å². The van der Waals surface area contributed by atoms with Crippen molar-refractivity contribution in [2.45, 2.75) is 75.9 Å². The summed E-state index contributed by atoms with van der Waals surface area (Å²) in [4.78, 5) is 30.6. The smallest absolute Gasteiger partial charge is 0.264 e. The van der Waals surface area contributed by atoms with Crippen molar-refractivity contribution in [3.8, 4) is 5.75 Å². The molecule has 0 aromatic heterocycles. The van der Waals surface area contributed by atoms with E-state index in [1.54, 1.807) is 19.2 Å². The Morgan fingerprint density at radius 3 is 2.22 bits per heavy atom. The molecule has 4 aromatic carbocycles. The van der Waals surface area contributed by atoms with Crippen LogP contribution in [0.5, 0.6) is 5.75 Å². The van der Waals surface area contributed by atoms with Crippen molar-refractivity contribution in [3.05, 3.63) is 124 Å². The minimum atomic E-state index is -4.23. The molecule has 0 radical (unpaired) electrons. The van der Waals surface area contributed by atoms with Crippen molar-refractivity contribution < 1.29 is 22.7 Å². The summed E-state index contributed by atoms with van der Waals surface area (Å²) < 4.78 is 35.2. The number of hydrogen-bond donors (Lipinski definition) is 1. The molecule has 1 aliphatic rings. The lowest BCUT2D eigenvalue weighted by Crippen LogP contribution is -2.55. The highest BCUT2D eigenvalue weighted by atomic mass is 35.5. The molecule has 0 saturated heterocycles. The summed E-state index contributed by atoms with van der Waals surface area (Å²) in [6.07, 6.45) is 5.23. The predicted octanol–water partition coefficient (Wildman–Crippen LogP) is 7.25. The van der Waals surface area contributed by atoms with Gasteiger partial charge in [0.2, 0.25) is 11.8 Å². The number of nitrogens with one attached hydrogen (secondary N) is 1. The van der Waals surface area contributed by atoms with Gasteiger partial charge in [0.25, 0.3) is 10.0 Å². The monoisotopic (exact) mass is 701 g/mol. The molecule has 1 aliphatic carbocycles. The van der Waals surface area contributed by atoms with Gasteiger partial charge in [-0.05, 0) is 97.5 Å². The molecule has 258 valence electrons. The number of halogens is 1. The molecule has 8 nitrogen and oxygen atoms in total. The van der Waals surface area contributed by atoms with E-state index in [1.807, 2.05) is 74.5 Å². The topological polar surface area (TPSA) is 96.0 Å². The van der Waals surface area contributed by atoms with Crippen molar-refractivity contribution in [2.75, 3.05) is 18.0 Å². The lowest BCUT2D eigenvalue weighted by Gasteiger charge is -2.35. The highest BCUT2D eigenvalue weighted by molar-refractivity contribution is 7.92. The largest absolute Gasteiger partial charge is 0.497 e. The summed E-state index contributed by atoms with van der Waals surface area (Å²) in [5, 5.41) is 3.63.